The Bertz CT molecular complexity index is 527. The Kier molecular flexibility index (Phi) is 4.85. The molecule has 0 aliphatic rings. The third kappa shape index (κ3) is 5.39. The van der Waals surface area contributed by atoms with E-state index in [0.29, 0.717) is 5.56 Å². The van der Waals surface area contributed by atoms with Crippen LogP contribution in [-0.2, 0) is 14.6 Å². The second-order valence-corrected chi connectivity index (χ2v) is 4.46. The molecule has 0 radical (unpaired) electrons. The fourth-order valence-corrected chi connectivity index (χ4v) is 1.66. The summed E-state index contributed by atoms with van der Waals surface area (Å²) in [7, 11) is -4.82. The van der Waals surface area contributed by atoms with Gasteiger partial charge in [0.25, 0.3) is 0 Å². The smallest absolute Gasteiger partial charge is 0.394 e. The Morgan fingerprint density at radius 2 is 2.00 bits per heavy atom. The summed E-state index contributed by atoms with van der Waals surface area (Å²) in [5.74, 6) is 0. The molecule has 6 nitrogen and oxygen atoms in total. The number of benzene rings is 1. The molecule has 2 atom stereocenters. The van der Waals surface area contributed by atoms with Crippen LogP contribution in [0.15, 0.2) is 36.4 Å². The molecular weight excluding hydrogens is 260 g/mol. The quantitative estimate of drug-likeness (QED) is 0.642. The van der Waals surface area contributed by atoms with Gasteiger partial charge in [0.1, 0.15) is 12.2 Å². The number of hydrogen-bond donors (Lipinski definition) is 3. The van der Waals surface area contributed by atoms with Gasteiger partial charge in [-0.25, -0.2) is 4.18 Å². The molecule has 100 valence electrons. The number of rotatable bonds is 6. The molecule has 1 rings (SSSR count). The highest BCUT2D eigenvalue weighted by Crippen LogP contribution is 2.08. The van der Waals surface area contributed by atoms with Gasteiger partial charge < -0.3 is 10.2 Å². The third-order valence-corrected chi connectivity index (χ3v) is 2.49. The molecule has 0 saturated carbocycles. The molecular formula is C11H14O6S. The van der Waals surface area contributed by atoms with Gasteiger partial charge in [-0.05, 0) is 5.56 Å². The van der Waals surface area contributed by atoms with Crippen LogP contribution in [0.5, 0.6) is 0 Å². The van der Waals surface area contributed by atoms with Gasteiger partial charge >= 0.3 is 10.4 Å². The van der Waals surface area contributed by atoms with E-state index in [1.165, 1.54) is 6.08 Å². The van der Waals surface area contributed by atoms with Gasteiger partial charge in [0.2, 0.25) is 0 Å². The monoisotopic (exact) mass is 275 g/mol. The highest BCUT2D eigenvalue weighted by molar-refractivity contribution is 7.80. The van der Waals surface area contributed by atoms with Gasteiger partial charge in [0.05, 0.1) is 7.98 Å². The van der Waals surface area contributed by atoms with Crippen LogP contribution in [0.25, 0.3) is 6.08 Å². The maximum absolute atomic E-state index is 10.5. The van der Waals surface area contributed by atoms with E-state index in [-0.39, 0.29) is 6.05 Å². The summed E-state index contributed by atoms with van der Waals surface area (Å²) < 4.78 is 41.2. The van der Waals surface area contributed by atoms with Crippen LogP contribution in [0, 0.1) is 0 Å². The predicted octanol–water partition coefficient (Wildman–Crippen LogP) is 0.241. The summed E-state index contributed by atoms with van der Waals surface area (Å²) in [4.78, 5) is 0. The lowest BCUT2D eigenvalue weighted by atomic mass is 10.1. The van der Waals surface area contributed by atoms with Crippen LogP contribution >= 0.6 is 0 Å². The van der Waals surface area contributed by atoms with Gasteiger partial charge in [-0.3, -0.25) is 4.55 Å². The van der Waals surface area contributed by atoms with E-state index in [1.54, 1.807) is 30.3 Å². The van der Waals surface area contributed by atoms with Crippen molar-refractivity contribution in [1.29, 1.82) is 0 Å². The zero-order valence-corrected chi connectivity index (χ0v) is 10.1. The second-order valence-electron chi connectivity index (χ2n) is 3.41. The molecule has 18 heavy (non-hydrogen) atoms. The summed E-state index contributed by atoms with van der Waals surface area (Å²) in [6, 6.07) is 8.23. The maximum Gasteiger partial charge on any atom is 0.397 e. The normalized spacial score (nSPS) is 17.1. The summed E-state index contributed by atoms with van der Waals surface area (Å²) >= 11 is 0. The van der Waals surface area contributed by atoms with E-state index in [4.69, 9.17) is 11.0 Å². The molecule has 1 aromatic rings. The highest BCUT2D eigenvalue weighted by atomic mass is 32.3. The summed E-state index contributed by atoms with van der Waals surface area (Å²) in [6.07, 6.45) is -2.03. The van der Waals surface area contributed by atoms with Crippen LogP contribution in [-0.4, -0.2) is 42.0 Å². The molecule has 1 aromatic carbocycles. The lowest BCUT2D eigenvalue weighted by molar-refractivity contribution is 0.0235. The van der Waals surface area contributed by atoms with E-state index in [1.807, 2.05) is 0 Å². The molecule has 0 fully saturated rings. The minimum absolute atomic E-state index is 0.353. The van der Waals surface area contributed by atoms with Gasteiger partial charge in [-0.2, -0.15) is 8.42 Å². The van der Waals surface area contributed by atoms with Gasteiger partial charge in [0, 0.05) is 0 Å². The first-order valence-electron chi connectivity index (χ1n) is 5.51. The average Bonchev–Trinajstić information content (AvgIpc) is 2.35. The lowest BCUT2D eigenvalue weighted by Gasteiger charge is -2.16. The zero-order chi connectivity index (χ0) is 14.5. The van der Waals surface area contributed by atoms with Crippen molar-refractivity contribution in [3.8, 4) is 0 Å². The summed E-state index contributed by atoms with van der Waals surface area (Å²) in [5, 5.41) is 18.6. The van der Waals surface area contributed by atoms with E-state index >= 15 is 0 Å². The lowest BCUT2D eigenvalue weighted by Crippen LogP contribution is -2.33. The fraction of sp³-hybridized carbons (Fsp3) is 0.273. The Balaban J connectivity index is 2.85. The first-order valence-corrected chi connectivity index (χ1v) is 6.38. The number of aliphatic hydroxyl groups is 2. The molecule has 0 saturated heterocycles. The first-order chi connectivity index (χ1) is 8.83. The Labute approximate surface area is 107 Å². The van der Waals surface area contributed by atoms with Crippen LogP contribution in [0.4, 0.5) is 0 Å². The van der Waals surface area contributed by atoms with Gasteiger partial charge in [0.15, 0.2) is 0 Å². The van der Waals surface area contributed by atoms with Crippen molar-refractivity contribution in [1.82, 2.24) is 0 Å². The average molecular weight is 275 g/mol. The molecule has 7 heteroatoms. The van der Waals surface area contributed by atoms with Crippen LogP contribution < -0.4 is 0 Å². The Hall–Kier alpha value is -1.25. The van der Waals surface area contributed by atoms with E-state index in [9.17, 15) is 13.5 Å². The van der Waals surface area contributed by atoms with Crippen molar-refractivity contribution in [3.63, 3.8) is 0 Å². The van der Waals surface area contributed by atoms with Crippen molar-refractivity contribution in [2.24, 2.45) is 0 Å². The van der Waals surface area contributed by atoms with Crippen molar-refractivity contribution in [2.45, 2.75) is 12.2 Å². The summed E-state index contributed by atoms with van der Waals surface area (Å²) in [5.41, 5.74) is 0.620. The van der Waals surface area contributed by atoms with Crippen molar-refractivity contribution in [2.75, 3.05) is 6.61 Å². The molecule has 0 unspecified atom stereocenters. The molecule has 0 spiro atoms. The van der Waals surface area contributed by atoms with E-state index in [2.05, 4.69) is 4.18 Å². The predicted molar refractivity (Wildman–Crippen MR) is 65.0 cm³/mol. The van der Waals surface area contributed by atoms with Crippen molar-refractivity contribution < 1.29 is 28.7 Å². The molecule has 0 amide bonds. The van der Waals surface area contributed by atoms with Crippen LogP contribution in [0.3, 0.4) is 0 Å². The topological polar surface area (TPSA) is 104 Å². The van der Waals surface area contributed by atoms with Crippen molar-refractivity contribution in [3.05, 3.63) is 41.9 Å². The molecule has 3 N–H and O–H groups in total. The Morgan fingerprint density at radius 1 is 1.39 bits per heavy atom. The van der Waals surface area contributed by atoms with E-state index in [0.717, 1.165) is 0 Å². The van der Waals surface area contributed by atoms with Gasteiger partial charge in [-0.15, -0.1) is 0 Å². The second kappa shape index (κ2) is 6.62. The Morgan fingerprint density at radius 3 is 2.50 bits per heavy atom. The third-order valence-electron chi connectivity index (χ3n) is 2.00. The number of hydrogen-bond acceptors (Lipinski definition) is 5. The highest BCUT2D eigenvalue weighted by Gasteiger charge is 2.22. The van der Waals surface area contributed by atoms with Gasteiger partial charge in [-0.1, -0.05) is 42.5 Å². The largest absolute Gasteiger partial charge is 0.397 e. The molecule has 0 heterocycles. The van der Waals surface area contributed by atoms with Crippen LogP contribution in [0.1, 0.15) is 6.93 Å². The molecule has 0 aliphatic heterocycles. The molecule has 0 aliphatic carbocycles. The van der Waals surface area contributed by atoms with Crippen molar-refractivity contribution >= 4 is 16.5 Å². The SMILES string of the molecule is [2H]C(=Cc1ccccc1)[C@H](O)[C@@H](CO)OS(=O)(=O)O. The maximum atomic E-state index is 10.5. The minimum Gasteiger partial charge on any atom is -0.394 e. The van der Waals surface area contributed by atoms with Crippen LogP contribution in [0.2, 0.25) is 0 Å². The number of aliphatic hydroxyl groups excluding tert-OH is 2. The minimum atomic E-state index is -4.82. The standard InChI is InChI=1S/C11H14O6S/c12-8-11(17-18(14,15)16)10(13)7-6-9-4-2-1-3-5-9/h1-7,10-13H,8H2,(H,14,15,16)/t10-,11+/m0/s1/i7D. The molecule has 0 aromatic heterocycles. The fourth-order valence-electron chi connectivity index (χ4n) is 1.18. The zero-order valence-electron chi connectivity index (χ0n) is 10.3. The first kappa shape index (κ1) is 13.2. The summed E-state index contributed by atoms with van der Waals surface area (Å²) in [6.45, 7) is -0.869. The van der Waals surface area contributed by atoms with E-state index < -0.39 is 29.2 Å². The molecule has 0 bridgehead atoms.